The summed E-state index contributed by atoms with van der Waals surface area (Å²) in [6.07, 6.45) is 0. The van der Waals surface area contributed by atoms with Gasteiger partial charge in [-0.1, -0.05) is 12.1 Å². The van der Waals surface area contributed by atoms with Crippen molar-refractivity contribution in [3.05, 3.63) is 35.4 Å². The van der Waals surface area contributed by atoms with E-state index in [-0.39, 0.29) is 6.54 Å². The highest BCUT2D eigenvalue weighted by atomic mass is 32.2. The normalized spacial score (nSPS) is 11.0. The lowest BCUT2D eigenvalue weighted by Gasteiger charge is -2.05. The van der Waals surface area contributed by atoms with Crippen LogP contribution < -0.4 is 4.72 Å². The summed E-state index contributed by atoms with van der Waals surface area (Å²) in [4.78, 5) is 21.5. The zero-order valence-electron chi connectivity index (χ0n) is 10.1. The Morgan fingerprint density at radius 3 is 2.32 bits per heavy atom. The van der Waals surface area contributed by atoms with Gasteiger partial charge in [0.05, 0.1) is 12.7 Å². The molecular weight excluding hydrogens is 274 g/mol. The molecule has 0 saturated heterocycles. The summed E-state index contributed by atoms with van der Waals surface area (Å²) >= 11 is 0. The Hall–Kier alpha value is -1.93. The van der Waals surface area contributed by atoms with Crippen molar-refractivity contribution < 1.29 is 27.9 Å². The number of aliphatic carboxylic acids is 1. The van der Waals surface area contributed by atoms with Crippen molar-refractivity contribution in [3.8, 4) is 0 Å². The zero-order chi connectivity index (χ0) is 14.5. The number of esters is 1. The molecule has 0 aliphatic carbocycles. The van der Waals surface area contributed by atoms with E-state index in [1.54, 1.807) is 12.1 Å². The first-order valence-corrected chi connectivity index (χ1v) is 6.85. The predicted octanol–water partition coefficient (Wildman–Crippen LogP) is -0.0228. The van der Waals surface area contributed by atoms with Crippen LogP contribution in [-0.4, -0.2) is 38.3 Å². The van der Waals surface area contributed by atoms with Gasteiger partial charge < -0.3 is 9.84 Å². The number of carboxylic acid groups (broad SMARTS) is 1. The second-order valence-corrected chi connectivity index (χ2v) is 5.47. The maximum atomic E-state index is 11.3. The van der Waals surface area contributed by atoms with Gasteiger partial charge in [-0.2, -0.15) is 0 Å². The van der Waals surface area contributed by atoms with Gasteiger partial charge in [-0.25, -0.2) is 17.9 Å². The van der Waals surface area contributed by atoms with E-state index in [0.717, 1.165) is 0 Å². The Kier molecular flexibility index (Phi) is 5.02. The summed E-state index contributed by atoms with van der Waals surface area (Å²) in [5.41, 5.74) is 0.946. The Morgan fingerprint density at radius 2 is 1.84 bits per heavy atom. The van der Waals surface area contributed by atoms with Crippen LogP contribution in [0.15, 0.2) is 24.3 Å². The molecule has 0 amide bonds. The zero-order valence-corrected chi connectivity index (χ0v) is 10.9. The first-order chi connectivity index (χ1) is 8.84. The summed E-state index contributed by atoms with van der Waals surface area (Å²) < 4.78 is 29.2. The lowest BCUT2D eigenvalue weighted by molar-refractivity contribution is -0.134. The fraction of sp³-hybridized carbons (Fsp3) is 0.273. The smallest absolute Gasteiger partial charge is 0.337 e. The maximum Gasteiger partial charge on any atom is 0.337 e. The lowest BCUT2D eigenvalue weighted by atomic mass is 10.1. The van der Waals surface area contributed by atoms with Crippen molar-refractivity contribution in [2.24, 2.45) is 0 Å². The van der Waals surface area contributed by atoms with E-state index in [1.807, 2.05) is 0 Å². The van der Waals surface area contributed by atoms with Gasteiger partial charge in [0, 0.05) is 6.54 Å². The van der Waals surface area contributed by atoms with Crippen molar-refractivity contribution in [2.75, 3.05) is 12.9 Å². The second-order valence-electron chi connectivity index (χ2n) is 3.66. The van der Waals surface area contributed by atoms with Crippen LogP contribution in [0.4, 0.5) is 0 Å². The van der Waals surface area contributed by atoms with Gasteiger partial charge in [-0.05, 0) is 17.7 Å². The number of rotatable bonds is 6. The third kappa shape index (κ3) is 5.06. The third-order valence-electron chi connectivity index (χ3n) is 2.18. The van der Waals surface area contributed by atoms with E-state index in [2.05, 4.69) is 9.46 Å². The summed E-state index contributed by atoms with van der Waals surface area (Å²) in [6, 6.07) is 6.09. The van der Waals surface area contributed by atoms with E-state index in [9.17, 15) is 18.0 Å². The van der Waals surface area contributed by atoms with E-state index < -0.39 is 27.7 Å². The van der Waals surface area contributed by atoms with Crippen molar-refractivity contribution in [3.63, 3.8) is 0 Å². The van der Waals surface area contributed by atoms with Gasteiger partial charge >= 0.3 is 11.9 Å². The molecule has 0 aliphatic heterocycles. The van der Waals surface area contributed by atoms with Crippen molar-refractivity contribution >= 4 is 22.0 Å². The summed E-state index contributed by atoms with van der Waals surface area (Å²) in [6.45, 7) is -0.0446. The third-order valence-corrected chi connectivity index (χ3v) is 3.40. The number of hydrogen-bond donors (Lipinski definition) is 2. The Balaban J connectivity index is 2.64. The quantitative estimate of drug-likeness (QED) is 0.711. The molecule has 0 saturated carbocycles. The number of benzene rings is 1. The van der Waals surface area contributed by atoms with Crippen molar-refractivity contribution in [1.29, 1.82) is 0 Å². The number of carbonyl (C=O) groups excluding carboxylic acids is 1. The number of ether oxygens (including phenoxy) is 1. The summed E-state index contributed by atoms with van der Waals surface area (Å²) in [5, 5.41) is 8.40. The summed E-state index contributed by atoms with van der Waals surface area (Å²) in [5.74, 6) is -2.89. The molecule has 0 bridgehead atoms. The van der Waals surface area contributed by atoms with E-state index in [4.69, 9.17) is 5.11 Å². The van der Waals surface area contributed by atoms with Gasteiger partial charge in [0.2, 0.25) is 10.0 Å². The first kappa shape index (κ1) is 15.1. The van der Waals surface area contributed by atoms with Crippen LogP contribution in [0.3, 0.4) is 0 Å². The number of hydrogen-bond acceptors (Lipinski definition) is 5. The number of carbonyl (C=O) groups is 2. The number of methoxy groups -OCH3 is 1. The number of nitrogens with one attached hydrogen (secondary N) is 1. The van der Waals surface area contributed by atoms with Crippen molar-refractivity contribution in [1.82, 2.24) is 4.72 Å². The standard InChI is InChI=1S/C11H13NO6S/c1-18-11(15)9-4-2-8(3-5-9)6-12-19(16,17)7-10(13)14/h2-5,12H,6-7H2,1H3,(H,13,14). The Labute approximate surface area is 110 Å². The molecule has 0 radical (unpaired) electrons. The SMILES string of the molecule is COC(=O)c1ccc(CNS(=O)(=O)CC(=O)O)cc1. The average Bonchev–Trinajstić information content (AvgIpc) is 2.34. The minimum atomic E-state index is -3.85. The van der Waals surface area contributed by atoms with Gasteiger partial charge in [-0.3, -0.25) is 4.79 Å². The molecule has 1 aromatic rings. The lowest BCUT2D eigenvalue weighted by Crippen LogP contribution is -2.29. The van der Waals surface area contributed by atoms with Crippen LogP contribution in [0, 0.1) is 0 Å². The Morgan fingerprint density at radius 1 is 1.26 bits per heavy atom. The highest BCUT2D eigenvalue weighted by Crippen LogP contribution is 2.06. The molecule has 0 heterocycles. The van der Waals surface area contributed by atoms with Crippen LogP contribution in [0.5, 0.6) is 0 Å². The van der Waals surface area contributed by atoms with Crippen LogP contribution in [0.1, 0.15) is 15.9 Å². The monoisotopic (exact) mass is 287 g/mol. The maximum absolute atomic E-state index is 11.3. The molecule has 0 unspecified atom stereocenters. The van der Waals surface area contributed by atoms with Crippen molar-refractivity contribution in [2.45, 2.75) is 6.54 Å². The predicted molar refractivity (Wildman–Crippen MR) is 66.0 cm³/mol. The molecular formula is C11H13NO6S. The van der Waals surface area contributed by atoms with Gasteiger partial charge in [0.25, 0.3) is 0 Å². The minimum Gasteiger partial charge on any atom is -0.480 e. The van der Waals surface area contributed by atoms with Crippen LogP contribution in [0.25, 0.3) is 0 Å². The average molecular weight is 287 g/mol. The van der Waals surface area contributed by atoms with E-state index >= 15 is 0 Å². The second kappa shape index (κ2) is 6.30. The molecule has 104 valence electrons. The molecule has 8 heteroatoms. The summed E-state index contributed by atoms with van der Waals surface area (Å²) in [7, 11) is -2.59. The number of carboxylic acids is 1. The molecule has 0 spiro atoms. The number of sulfonamides is 1. The van der Waals surface area contributed by atoms with E-state index in [0.29, 0.717) is 11.1 Å². The molecule has 0 atom stereocenters. The van der Waals surface area contributed by atoms with E-state index in [1.165, 1.54) is 19.2 Å². The van der Waals surface area contributed by atoms with Gasteiger partial charge in [0.15, 0.2) is 5.75 Å². The molecule has 0 aliphatic rings. The minimum absolute atomic E-state index is 0.0446. The Bertz CT molecular complexity index is 563. The van der Waals surface area contributed by atoms with Gasteiger partial charge in [-0.15, -0.1) is 0 Å². The molecule has 19 heavy (non-hydrogen) atoms. The first-order valence-electron chi connectivity index (χ1n) is 5.20. The molecule has 1 rings (SSSR count). The highest BCUT2D eigenvalue weighted by Gasteiger charge is 2.14. The molecule has 2 N–H and O–H groups in total. The topological polar surface area (TPSA) is 110 Å². The van der Waals surface area contributed by atoms with Crippen LogP contribution in [0.2, 0.25) is 0 Å². The highest BCUT2D eigenvalue weighted by molar-refractivity contribution is 7.90. The van der Waals surface area contributed by atoms with Crippen LogP contribution in [-0.2, 0) is 26.1 Å². The van der Waals surface area contributed by atoms with Crippen LogP contribution >= 0.6 is 0 Å². The molecule has 0 fully saturated rings. The molecule has 1 aromatic carbocycles. The van der Waals surface area contributed by atoms with Gasteiger partial charge in [0.1, 0.15) is 0 Å². The fourth-order valence-electron chi connectivity index (χ4n) is 1.28. The largest absolute Gasteiger partial charge is 0.480 e. The molecule has 7 nitrogen and oxygen atoms in total. The fourth-order valence-corrected chi connectivity index (χ4v) is 2.10. The molecule has 0 aromatic heterocycles.